The molecule has 1 saturated heterocycles. The molecule has 2 rings (SSSR count). The Morgan fingerprint density at radius 2 is 2.13 bits per heavy atom. The van der Waals surface area contributed by atoms with E-state index in [0.717, 1.165) is 38.0 Å². The first-order valence-electron chi connectivity index (χ1n) is 8.40. The van der Waals surface area contributed by atoms with Gasteiger partial charge in [0.2, 0.25) is 0 Å². The highest BCUT2D eigenvalue weighted by atomic mass is 16.5. The van der Waals surface area contributed by atoms with E-state index < -0.39 is 6.10 Å². The van der Waals surface area contributed by atoms with Crippen LogP contribution in [0.1, 0.15) is 32.3 Å². The molecule has 1 aromatic rings. The first-order chi connectivity index (χ1) is 11.0. The molecule has 0 bridgehead atoms. The summed E-state index contributed by atoms with van der Waals surface area (Å²) < 4.78 is 5.76. The van der Waals surface area contributed by atoms with E-state index in [1.54, 1.807) is 13.0 Å². The minimum Gasteiger partial charge on any atom is -0.481 e. The van der Waals surface area contributed by atoms with Gasteiger partial charge in [0, 0.05) is 26.2 Å². The number of benzene rings is 1. The highest BCUT2D eigenvalue weighted by Crippen LogP contribution is 2.19. The predicted octanol–water partition coefficient (Wildman–Crippen LogP) is 1.89. The molecule has 1 fully saturated rings. The van der Waals surface area contributed by atoms with Crippen LogP contribution in [0.15, 0.2) is 24.3 Å². The number of carbonyl (C=O) groups is 1. The quantitative estimate of drug-likeness (QED) is 0.870. The molecule has 0 radical (unpaired) electrons. The molecule has 128 valence electrons. The van der Waals surface area contributed by atoms with Crippen molar-refractivity contribution in [2.75, 3.05) is 26.7 Å². The van der Waals surface area contributed by atoms with Crippen molar-refractivity contribution >= 4 is 5.91 Å². The van der Waals surface area contributed by atoms with E-state index in [0.29, 0.717) is 11.8 Å². The summed E-state index contributed by atoms with van der Waals surface area (Å²) in [7, 11) is 1.87. The zero-order valence-electron chi connectivity index (χ0n) is 14.4. The number of nitrogens with zero attached hydrogens (tertiary/aromatic N) is 2. The minimum absolute atomic E-state index is 0.00866. The molecule has 23 heavy (non-hydrogen) atoms. The van der Waals surface area contributed by atoms with E-state index in [-0.39, 0.29) is 12.5 Å². The highest BCUT2D eigenvalue weighted by molar-refractivity contribution is 5.81. The van der Waals surface area contributed by atoms with Crippen molar-refractivity contribution in [3.05, 3.63) is 29.8 Å². The van der Waals surface area contributed by atoms with Crippen LogP contribution in [0, 0.1) is 0 Å². The fourth-order valence-electron chi connectivity index (χ4n) is 3.06. The normalized spacial score (nSPS) is 17.7. The Morgan fingerprint density at radius 1 is 1.43 bits per heavy atom. The molecule has 1 aliphatic heterocycles. The number of carbonyl (C=O) groups excluding carboxylic acids is 1. The maximum Gasteiger partial charge on any atom is 0.263 e. The van der Waals surface area contributed by atoms with Gasteiger partial charge in [0.25, 0.3) is 5.91 Å². The number of likely N-dealkylation sites (N-methyl/N-ethyl adjacent to an activating group) is 1. The molecule has 1 unspecified atom stereocenters. The average Bonchev–Trinajstić information content (AvgIpc) is 2.60. The Bertz CT molecular complexity index is 513. The molecule has 0 spiro atoms. The van der Waals surface area contributed by atoms with Crippen molar-refractivity contribution in [2.24, 2.45) is 0 Å². The van der Waals surface area contributed by atoms with Crippen molar-refractivity contribution in [3.8, 4) is 5.75 Å². The largest absolute Gasteiger partial charge is 0.481 e. The first-order valence-corrected chi connectivity index (χ1v) is 8.40. The number of ether oxygens (including phenoxy) is 1. The smallest absolute Gasteiger partial charge is 0.263 e. The highest BCUT2D eigenvalue weighted by Gasteiger charge is 2.28. The van der Waals surface area contributed by atoms with Crippen molar-refractivity contribution in [3.63, 3.8) is 0 Å². The second-order valence-corrected chi connectivity index (χ2v) is 6.18. The van der Waals surface area contributed by atoms with Crippen LogP contribution in [0.5, 0.6) is 5.75 Å². The summed E-state index contributed by atoms with van der Waals surface area (Å²) in [4.78, 5) is 16.8. The van der Waals surface area contributed by atoms with Crippen LogP contribution in [0.25, 0.3) is 0 Å². The third kappa shape index (κ3) is 4.69. The van der Waals surface area contributed by atoms with Crippen LogP contribution in [-0.2, 0) is 11.4 Å². The maximum atomic E-state index is 12.6. The SMILES string of the molecule is CCN1CCC(N(C)C(=O)C(C)Oc2cccc(CO)c2)CC1. The average molecular weight is 320 g/mol. The van der Waals surface area contributed by atoms with Crippen LogP contribution in [0.4, 0.5) is 0 Å². The van der Waals surface area contributed by atoms with Gasteiger partial charge >= 0.3 is 0 Å². The lowest BCUT2D eigenvalue weighted by Gasteiger charge is -2.37. The van der Waals surface area contributed by atoms with E-state index in [2.05, 4.69) is 11.8 Å². The van der Waals surface area contributed by atoms with Crippen molar-refractivity contribution in [2.45, 2.75) is 45.4 Å². The predicted molar refractivity (Wildman–Crippen MR) is 90.4 cm³/mol. The van der Waals surface area contributed by atoms with Crippen LogP contribution >= 0.6 is 0 Å². The van der Waals surface area contributed by atoms with Gasteiger partial charge in [0.1, 0.15) is 5.75 Å². The lowest BCUT2D eigenvalue weighted by molar-refractivity contribution is -0.139. The van der Waals surface area contributed by atoms with Gasteiger partial charge in [-0.2, -0.15) is 0 Å². The van der Waals surface area contributed by atoms with Crippen LogP contribution in [0.3, 0.4) is 0 Å². The monoisotopic (exact) mass is 320 g/mol. The summed E-state index contributed by atoms with van der Waals surface area (Å²) in [6.45, 7) is 7.09. The number of hydrogen-bond acceptors (Lipinski definition) is 4. The molecule has 1 amide bonds. The maximum absolute atomic E-state index is 12.6. The zero-order chi connectivity index (χ0) is 16.8. The summed E-state index contributed by atoms with van der Waals surface area (Å²) in [6, 6.07) is 7.52. The number of piperidine rings is 1. The van der Waals surface area contributed by atoms with Gasteiger partial charge in [-0.1, -0.05) is 19.1 Å². The van der Waals surface area contributed by atoms with E-state index in [1.165, 1.54) is 0 Å². The molecule has 1 aromatic carbocycles. The van der Waals surface area contributed by atoms with Crippen molar-refractivity contribution in [1.29, 1.82) is 0 Å². The molecule has 0 aromatic heterocycles. The van der Waals surface area contributed by atoms with Gasteiger partial charge < -0.3 is 19.6 Å². The zero-order valence-corrected chi connectivity index (χ0v) is 14.4. The Kier molecular flexibility index (Phi) is 6.42. The molecule has 1 heterocycles. The number of aliphatic hydroxyl groups excluding tert-OH is 1. The van der Waals surface area contributed by atoms with Gasteiger partial charge in [-0.3, -0.25) is 4.79 Å². The third-order valence-electron chi connectivity index (χ3n) is 4.64. The molecule has 0 saturated carbocycles. The summed E-state index contributed by atoms with van der Waals surface area (Å²) in [5.74, 6) is 0.626. The Hall–Kier alpha value is -1.59. The lowest BCUT2D eigenvalue weighted by Crippen LogP contribution is -2.48. The minimum atomic E-state index is -0.529. The summed E-state index contributed by atoms with van der Waals surface area (Å²) in [5, 5.41) is 9.17. The van der Waals surface area contributed by atoms with Gasteiger partial charge in [-0.15, -0.1) is 0 Å². The summed E-state index contributed by atoms with van der Waals surface area (Å²) in [5.41, 5.74) is 0.780. The second-order valence-electron chi connectivity index (χ2n) is 6.18. The number of amides is 1. The molecule has 5 heteroatoms. The van der Waals surface area contributed by atoms with E-state index in [1.807, 2.05) is 30.1 Å². The Morgan fingerprint density at radius 3 is 2.74 bits per heavy atom. The van der Waals surface area contributed by atoms with Crippen LogP contribution < -0.4 is 4.74 Å². The Labute approximate surface area is 138 Å². The number of aliphatic hydroxyl groups is 1. The third-order valence-corrected chi connectivity index (χ3v) is 4.64. The van der Waals surface area contributed by atoms with Gasteiger partial charge in [-0.25, -0.2) is 0 Å². The fraction of sp³-hybridized carbons (Fsp3) is 0.611. The van der Waals surface area contributed by atoms with E-state index >= 15 is 0 Å². The van der Waals surface area contributed by atoms with E-state index in [9.17, 15) is 9.90 Å². The molecule has 1 aliphatic rings. The first kappa shape index (κ1) is 17.8. The molecule has 1 atom stereocenters. The number of likely N-dealkylation sites (tertiary alicyclic amines) is 1. The Balaban J connectivity index is 1.90. The lowest BCUT2D eigenvalue weighted by atomic mass is 10.0. The molecule has 0 aliphatic carbocycles. The van der Waals surface area contributed by atoms with E-state index in [4.69, 9.17) is 4.74 Å². The molecular formula is C18H28N2O3. The number of rotatable bonds is 6. The fourth-order valence-corrected chi connectivity index (χ4v) is 3.06. The summed E-state index contributed by atoms with van der Waals surface area (Å²) >= 11 is 0. The molecule has 1 N–H and O–H groups in total. The van der Waals surface area contributed by atoms with Crippen molar-refractivity contribution < 1.29 is 14.6 Å². The summed E-state index contributed by atoms with van der Waals surface area (Å²) in [6.07, 6.45) is 1.50. The van der Waals surface area contributed by atoms with Gasteiger partial charge in [-0.05, 0) is 44.0 Å². The van der Waals surface area contributed by atoms with Crippen LogP contribution in [-0.4, -0.2) is 59.6 Å². The van der Waals surface area contributed by atoms with Crippen molar-refractivity contribution in [1.82, 2.24) is 9.80 Å². The number of hydrogen-bond donors (Lipinski definition) is 1. The topological polar surface area (TPSA) is 53.0 Å². The molecular weight excluding hydrogens is 292 g/mol. The van der Waals surface area contributed by atoms with Gasteiger partial charge in [0.05, 0.1) is 6.61 Å². The van der Waals surface area contributed by atoms with Crippen LogP contribution in [0.2, 0.25) is 0 Å². The molecule has 5 nitrogen and oxygen atoms in total. The second kappa shape index (κ2) is 8.31. The van der Waals surface area contributed by atoms with Gasteiger partial charge in [0.15, 0.2) is 6.10 Å². The standard InChI is InChI=1S/C18H28N2O3/c1-4-20-10-8-16(9-11-20)19(3)18(22)14(2)23-17-7-5-6-15(12-17)13-21/h5-7,12,14,16,21H,4,8-11,13H2,1-3H3.